The highest BCUT2D eigenvalue weighted by Gasteiger charge is 2.16. The Labute approximate surface area is 79.6 Å². The molecular formula is C8H17N3OSi. The van der Waals surface area contributed by atoms with Crippen LogP contribution in [0.25, 0.3) is 0 Å². The van der Waals surface area contributed by atoms with Crippen LogP contribution in [0.5, 0.6) is 0 Å². The van der Waals surface area contributed by atoms with Crippen LogP contribution in [0.4, 0.5) is 0 Å². The van der Waals surface area contributed by atoms with Crippen molar-refractivity contribution < 1.29 is 5.11 Å². The SMILES string of the molecule is C[Si](C)(C)Cc1ncn(CCO)n1. The van der Waals surface area contributed by atoms with Crippen molar-refractivity contribution in [3.05, 3.63) is 12.2 Å². The molecule has 1 aromatic rings. The maximum Gasteiger partial charge on any atom is 0.147 e. The van der Waals surface area contributed by atoms with Gasteiger partial charge in [0, 0.05) is 6.04 Å². The summed E-state index contributed by atoms with van der Waals surface area (Å²) in [5.41, 5.74) is 0. The number of nitrogens with zero attached hydrogens (tertiary/aromatic N) is 3. The molecule has 0 aromatic carbocycles. The number of aliphatic hydroxyl groups excluding tert-OH is 1. The molecule has 1 heterocycles. The number of rotatable bonds is 4. The molecule has 0 fully saturated rings. The summed E-state index contributed by atoms with van der Waals surface area (Å²) < 4.78 is 1.69. The minimum absolute atomic E-state index is 0.121. The third-order valence-electron chi connectivity index (χ3n) is 1.60. The molecule has 0 bridgehead atoms. The summed E-state index contributed by atoms with van der Waals surface area (Å²) in [6, 6.07) is 1.01. The van der Waals surface area contributed by atoms with Crippen molar-refractivity contribution in [2.45, 2.75) is 32.2 Å². The van der Waals surface area contributed by atoms with Crippen molar-refractivity contribution in [3.63, 3.8) is 0 Å². The first-order valence-corrected chi connectivity index (χ1v) is 8.21. The van der Waals surface area contributed by atoms with E-state index in [1.165, 1.54) is 0 Å². The van der Waals surface area contributed by atoms with Crippen LogP contribution in [-0.4, -0.2) is 34.6 Å². The van der Waals surface area contributed by atoms with E-state index >= 15 is 0 Å². The highest BCUT2D eigenvalue weighted by molar-refractivity contribution is 6.75. The molecule has 0 aliphatic rings. The Morgan fingerprint density at radius 2 is 2.15 bits per heavy atom. The molecule has 1 rings (SSSR count). The Kier molecular flexibility index (Phi) is 3.21. The predicted octanol–water partition coefficient (Wildman–Crippen LogP) is 0.690. The molecule has 0 atom stereocenters. The Bertz CT molecular complexity index is 267. The van der Waals surface area contributed by atoms with Gasteiger partial charge in [-0.05, 0) is 0 Å². The van der Waals surface area contributed by atoms with Gasteiger partial charge >= 0.3 is 0 Å². The van der Waals surface area contributed by atoms with E-state index in [4.69, 9.17) is 5.11 Å². The Hall–Kier alpha value is -0.683. The lowest BCUT2D eigenvalue weighted by Gasteiger charge is -2.11. The topological polar surface area (TPSA) is 50.9 Å². The van der Waals surface area contributed by atoms with Crippen molar-refractivity contribution in [2.24, 2.45) is 0 Å². The molecule has 0 radical (unpaired) electrons. The van der Waals surface area contributed by atoms with E-state index in [0.29, 0.717) is 6.54 Å². The second kappa shape index (κ2) is 4.02. The summed E-state index contributed by atoms with van der Waals surface area (Å²) in [4.78, 5) is 4.20. The van der Waals surface area contributed by atoms with Crippen molar-refractivity contribution in [1.29, 1.82) is 0 Å². The van der Waals surface area contributed by atoms with E-state index in [1.54, 1.807) is 11.0 Å². The van der Waals surface area contributed by atoms with Gasteiger partial charge in [-0.2, -0.15) is 5.10 Å². The lowest BCUT2D eigenvalue weighted by atomic mass is 10.7. The molecule has 0 saturated carbocycles. The van der Waals surface area contributed by atoms with E-state index in [9.17, 15) is 0 Å². The van der Waals surface area contributed by atoms with Gasteiger partial charge in [0.15, 0.2) is 0 Å². The summed E-state index contributed by atoms with van der Waals surface area (Å²) in [5.74, 6) is 0.910. The molecular weight excluding hydrogens is 182 g/mol. The Morgan fingerprint density at radius 1 is 1.46 bits per heavy atom. The van der Waals surface area contributed by atoms with E-state index in [0.717, 1.165) is 11.9 Å². The Morgan fingerprint density at radius 3 is 2.69 bits per heavy atom. The molecule has 5 heteroatoms. The van der Waals surface area contributed by atoms with Crippen LogP contribution in [0, 0.1) is 0 Å². The zero-order valence-electron chi connectivity index (χ0n) is 8.49. The largest absolute Gasteiger partial charge is 0.394 e. The van der Waals surface area contributed by atoms with E-state index in [1.807, 2.05) is 0 Å². The monoisotopic (exact) mass is 199 g/mol. The maximum absolute atomic E-state index is 8.68. The standard InChI is InChI=1S/C8H17N3OSi/c1-13(2,3)6-8-9-7-11(10-8)4-5-12/h7,12H,4-6H2,1-3H3. The number of hydrogen-bond acceptors (Lipinski definition) is 3. The molecule has 1 N–H and O–H groups in total. The normalized spacial score (nSPS) is 12.0. The van der Waals surface area contributed by atoms with Gasteiger partial charge in [-0.15, -0.1) is 0 Å². The molecule has 74 valence electrons. The summed E-state index contributed by atoms with van der Waals surface area (Å²) in [5, 5.41) is 12.9. The average molecular weight is 199 g/mol. The van der Waals surface area contributed by atoms with Crippen LogP contribution >= 0.6 is 0 Å². The lowest BCUT2D eigenvalue weighted by molar-refractivity contribution is 0.269. The van der Waals surface area contributed by atoms with Crippen molar-refractivity contribution >= 4 is 8.07 Å². The molecule has 1 aromatic heterocycles. The van der Waals surface area contributed by atoms with Gasteiger partial charge in [-0.1, -0.05) is 19.6 Å². The lowest BCUT2D eigenvalue weighted by Crippen LogP contribution is -2.24. The molecule has 0 unspecified atom stereocenters. The van der Waals surface area contributed by atoms with Crippen LogP contribution in [0.3, 0.4) is 0 Å². The molecule has 0 spiro atoms. The first-order chi connectivity index (χ1) is 6.01. The second-order valence-electron chi connectivity index (χ2n) is 4.38. The fraction of sp³-hybridized carbons (Fsp3) is 0.750. The number of aliphatic hydroxyl groups is 1. The first kappa shape index (κ1) is 10.4. The van der Waals surface area contributed by atoms with Gasteiger partial charge in [0.2, 0.25) is 0 Å². The van der Waals surface area contributed by atoms with Gasteiger partial charge < -0.3 is 5.11 Å². The van der Waals surface area contributed by atoms with Gasteiger partial charge in [-0.25, -0.2) is 4.98 Å². The molecule has 0 saturated heterocycles. The highest BCUT2D eigenvalue weighted by atomic mass is 28.3. The third kappa shape index (κ3) is 3.69. The molecule has 0 amide bonds. The zero-order chi connectivity index (χ0) is 9.90. The molecule has 4 nitrogen and oxygen atoms in total. The molecule has 0 aliphatic carbocycles. The van der Waals surface area contributed by atoms with E-state index < -0.39 is 8.07 Å². The van der Waals surface area contributed by atoms with Crippen LogP contribution in [-0.2, 0) is 12.6 Å². The summed E-state index contributed by atoms with van der Waals surface area (Å²) in [6.45, 7) is 7.54. The average Bonchev–Trinajstić information content (AvgIpc) is 2.33. The van der Waals surface area contributed by atoms with Crippen molar-refractivity contribution in [2.75, 3.05) is 6.61 Å². The predicted molar refractivity (Wildman–Crippen MR) is 54.2 cm³/mol. The van der Waals surface area contributed by atoms with E-state index in [-0.39, 0.29) is 6.61 Å². The smallest absolute Gasteiger partial charge is 0.147 e. The fourth-order valence-electron chi connectivity index (χ4n) is 1.10. The quantitative estimate of drug-likeness (QED) is 0.726. The summed E-state index contributed by atoms with van der Waals surface area (Å²) in [7, 11) is -1.11. The molecule has 13 heavy (non-hydrogen) atoms. The Balaban J connectivity index is 2.59. The van der Waals surface area contributed by atoms with Crippen LogP contribution < -0.4 is 0 Å². The highest BCUT2D eigenvalue weighted by Crippen LogP contribution is 2.06. The minimum atomic E-state index is -1.11. The number of aromatic nitrogens is 3. The van der Waals surface area contributed by atoms with Crippen LogP contribution in [0.1, 0.15) is 5.82 Å². The minimum Gasteiger partial charge on any atom is -0.394 e. The second-order valence-corrected chi connectivity index (χ2v) is 9.86. The zero-order valence-corrected chi connectivity index (χ0v) is 9.49. The van der Waals surface area contributed by atoms with Crippen LogP contribution in [0.2, 0.25) is 19.6 Å². The van der Waals surface area contributed by atoms with Gasteiger partial charge in [0.05, 0.1) is 21.2 Å². The van der Waals surface area contributed by atoms with Gasteiger partial charge in [-0.3, -0.25) is 4.68 Å². The van der Waals surface area contributed by atoms with Crippen molar-refractivity contribution in [1.82, 2.24) is 14.8 Å². The van der Waals surface area contributed by atoms with Crippen LogP contribution in [0.15, 0.2) is 6.33 Å². The summed E-state index contributed by atoms with van der Waals surface area (Å²) in [6.07, 6.45) is 1.69. The van der Waals surface area contributed by atoms with E-state index in [2.05, 4.69) is 29.7 Å². The molecule has 0 aliphatic heterocycles. The third-order valence-corrected chi connectivity index (χ3v) is 2.98. The fourth-order valence-corrected chi connectivity index (χ4v) is 2.21. The first-order valence-electron chi connectivity index (χ1n) is 4.50. The maximum atomic E-state index is 8.68. The number of hydrogen-bond donors (Lipinski definition) is 1. The summed E-state index contributed by atoms with van der Waals surface area (Å²) >= 11 is 0. The van der Waals surface area contributed by atoms with Crippen molar-refractivity contribution in [3.8, 4) is 0 Å². The van der Waals surface area contributed by atoms with Gasteiger partial charge in [0.25, 0.3) is 0 Å². The van der Waals surface area contributed by atoms with Gasteiger partial charge in [0.1, 0.15) is 12.2 Å².